The monoisotopic (exact) mass is 425 g/mol. The predicted molar refractivity (Wildman–Crippen MR) is 107 cm³/mol. The summed E-state index contributed by atoms with van der Waals surface area (Å²) >= 11 is 1.16. The van der Waals surface area contributed by atoms with Crippen LogP contribution in [0.2, 0.25) is 0 Å². The van der Waals surface area contributed by atoms with Gasteiger partial charge in [-0.25, -0.2) is 4.99 Å². The lowest BCUT2D eigenvalue weighted by atomic mass is 10.1. The van der Waals surface area contributed by atoms with E-state index in [1.165, 1.54) is 0 Å². The van der Waals surface area contributed by atoms with Gasteiger partial charge in [0.2, 0.25) is 0 Å². The van der Waals surface area contributed by atoms with Gasteiger partial charge in [0.15, 0.2) is 11.0 Å². The molecule has 0 spiro atoms. The lowest BCUT2D eigenvalue weighted by Crippen LogP contribution is -2.17. The highest BCUT2D eigenvalue weighted by molar-refractivity contribution is 8.13. The molecule has 28 heavy (non-hydrogen) atoms. The molecule has 1 atom stereocenters. The van der Waals surface area contributed by atoms with Crippen LogP contribution < -0.4 is 10.5 Å². The fourth-order valence-electron chi connectivity index (χ4n) is 2.18. The zero-order valence-corrected chi connectivity index (χ0v) is 16.3. The lowest BCUT2D eigenvalue weighted by molar-refractivity contribution is -0.570. The summed E-state index contributed by atoms with van der Waals surface area (Å²) in [5.41, 5.74) is 6.96. The maximum Gasteiger partial charge on any atom is 0.380 e. The maximum absolute atomic E-state index is 11.3. The third-order valence-electron chi connectivity index (χ3n) is 3.47. The molecule has 0 aromatic heterocycles. The molecule has 0 aliphatic rings. The second-order valence-corrected chi connectivity index (χ2v) is 8.15. The Morgan fingerprint density at radius 3 is 2.43 bits per heavy atom. The molecule has 1 unspecified atom stereocenters. The number of amidine groups is 1. The highest BCUT2D eigenvalue weighted by Gasteiger charge is 2.24. The van der Waals surface area contributed by atoms with Gasteiger partial charge in [0.1, 0.15) is 5.75 Å². The first-order chi connectivity index (χ1) is 13.2. The SMILES string of the molecule is NC(=NCS(=O)(=O)O)SCCc1ccc(OC(c2ccccc2)[N+](=O)[O-])cc1. The minimum atomic E-state index is -4.18. The maximum atomic E-state index is 11.3. The quantitative estimate of drug-likeness (QED) is 0.156. The number of aryl methyl sites for hydroxylation is 1. The van der Waals surface area contributed by atoms with Gasteiger partial charge >= 0.3 is 6.23 Å². The Kier molecular flexibility index (Phi) is 7.79. The molecule has 11 heteroatoms. The van der Waals surface area contributed by atoms with Crippen molar-refractivity contribution < 1.29 is 22.6 Å². The van der Waals surface area contributed by atoms with Crippen LogP contribution in [-0.4, -0.2) is 34.7 Å². The third-order valence-corrected chi connectivity index (χ3v) is 4.76. The largest absolute Gasteiger partial charge is 0.426 e. The van der Waals surface area contributed by atoms with Crippen molar-refractivity contribution in [3.63, 3.8) is 0 Å². The number of thioether (sulfide) groups is 1. The van der Waals surface area contributed by atoms with Crippen LogP contribution in [0.15, 0.2) is 59.6 Å². The molecule has 2 aromatic carbocycles. The summed E-state index contributed by atoms with van der Waals surface area (Å²) in [6, 6.07) is 15.3. The van der Waals surface area contributed by atoms with E-state index >= 15 is 0 Å². The van der Waals surface area contributed by atoms with Crippen LogP contribution in [0.5, 0.6) is 5.75 Å². The smallest absolute Gasteiger partial charge is 0.380 e. The molecule has 0 heterocycles. The number of aliphatic imine (C=N–C) groups is 1. The van der Waals surface area contributed by atoms with Crippen LogP contribution >= 0.6 is 11.8 Å². The summed E-state index contributed by atoms with van der Waals surface area (Å²) in [7, 11) is -4.18. The number of benzene rings is 2. The molecular formula is C17H19N3O6S2. The molecule has 0 radical (unpaired) electrons. The molecule has 150 valence electrons. The summed E-state index contributed by atoms with van der Waals surface area (Å²) in [5, 5.41) is 11.4. The molecule has 0 fully saturated rings. The average Bonchev–Trinajstić information content (AvgIpc) is 2.65. The van der Waals surface area contributed by atoms with Crippen LogP contribution in [0.25, 0.3) is 0 Å². The average molecular weight is 425 g/mol. The van der Waals surface area contributed by atoms with Gasteiger partial charge in [0.05, 0.1) is 10.5 Å². The number of ether oxygens (including phenoxy) is 1. The van der Waals surface area contributed by atoms with E-state index in [2.05, 4.69) is 4.99 Å². The molecule has 0 saturated heterocycles. The molecule has 2 aromatic rings. The first-order valence-corrected chi connectivity index (χ1v) is 10.7. The Morgan fingerprint density at radius 1 is 1.21 bits per heavy atom. The highest BCUT2D eigenvalue weighted by Crippen LogP contribution is 2.23. The van der Waals surface area contributed by atoms with E-state index in [0.29, 0.717) is 23.5 Å². The van der Waals surface area contributed by atoms with Crippen LogP contribution in [0, 0.1) is 10.1 Å². The molecule has 0 saturated carbocycles. The van der Waals surface area contributed by atoms with E-state index in [0.717, 1.165) is 17.3 Å². The molecule has 0 bridgehead atoms. The van der Waals surface area contributed by atoms with Gasteiger partial charge in [-0.2, -0.15) is 8.42 Å². The summed E-state index contributed by atoms with van der Waals surface area (Å²) in [5.74, 6) is 0.149. The molecule has 2 rings (SSSR count). The number of nitro groups is 1. The van der Waals surface area contributed by atoms with Crippen LogP contribution in [-0.2, 0) is 16.5 Å². The van der Waals surface area contributed by atoms with Gasteiger partial charge in [-0.05, 0) is 36.2 Å². The highest BCUT2D eigenvalue weighted by atomic mass is 32.2. The predicted octanol–water partition coefficient (Wildman–Crippen LogP) is 2.48. The van der Waals surface area contributed by atoms with Crippen molar-refractivity contribution in [2.24, 2.45) is 10.7 Å². The normalized spacial score (nSPS) is 13.1. The van der Waals surface area contributed by atoms with E-state index in [-0.39, 0.29) is 5.17 Å². The second kappa shape index (κ2) is 10.1. The molecule has 9 nitrogen and oxygen atoms in total. The fraction of sp³-hybridized carbons (Fsp3) is 0.235. The van der Waals surface area contributed by atoms with Gasteiger partial charge in [0.25, 0.3) is 10.1 Å². The Hall–Kier alpha value is -2.63. The Balaban J connectivity index is 1.90. The van der Waals surface area contributed by atoms with Crippen LogP contribution in [0.3, 0.4) is 0 Å². The zero-order chi connectivity index (χ0) is 20.6. The van der Waals surface area contributed by atoms with E-state index < -0.39 is 27.1 Å². The molecule has 0 aliphatic carbocycles. The number of nitrogens with two attached hydrogens (primary N) is 1. The number of nitrogens with zero attached hydrogens (tertiary/aromatic N) is 2. The van der Waals surface area contributed by atoms with E-state index in [4.69, 9.17) is 15.0 Å². The Labute approximate surface area is 166 Å². The third kappa shape index (κ3) is 7.55. The van der Waals surface area contributed by atoms with Crippen molar-refractivity contribution in [2.45, 2.75) is 12.6 Å². The second-order valence-electron chi connectivity index (χ2n) is 5.62. The summed E-state index contributed by atoms with van der Waals surface area (Å²) in [4.78, 5) is 14.4. The van der Waals surface area contributed by atoms with E-state index in [9.17, 15) is 18.5 Å². The standard InChI is InChI=1S/C17H19N3O6S2/c18-17(19-12-28(23,24)25)27-11-10-13-6-8-15(9-7-13)26-16(20(21)22)14-4-2-1-3-5-14/h1-9,16H,10-12H2,(H2,18,19)(H,23,24,25). The van der Waals surface area contributed by atoms with Gasteiger partial charge in [-0.3, -0.25) is 14.7 Å². The molecule has 0 amide bonds. The van der Waals surface area contributed by atoms with Crippen molar-refractivity contribution >= 4 is 27.0 Å². The first kappa shape index (κ1) is 21.7. The topological polar surface area (TPSA) is 145 Å². The van der Waals surface area contributed by atoms with Gasteiger partial charge in [0, 0.05) is 5.75 Å². The number of hydrogen-bond donors (Lipinski definition) is 2. The summed E-state index contributed by atoms with van der Waals surface area (Å²) in [6.07, 6.45) is -0.675. The first-order valence-electron chi connectivity index (χ1n) is 8.06. The van der Waals surface area contributed by atoms with Crippen molar-refractivity contribution in [3.05, 3.63) is 75.8 Å². The molecule has 3 N–H and O–H groups in total. The molecular weight excluding hydrogens is 406 g/mol. The lowest BCUT2D eigenvalue weighted by Gasteiger charge is -2.12. The van der Waals surface area contributed by atoms with Gasteiger partial charge < -0.3 is 10.5 Å². The van der Waals surface area contributed by atoms with Gasteiger partial charge in [-0.15, -0.1) is 0 Å². The van der Waals surface area contributed by atoms with Crippen LogP contribution in [0.1, 0.15) is 17.4 Å². The Morgan fingerprint density at radius 2 is 1.86 bits per heavy atom. The summed E-state index contributed by atoms with van der Waals surface area (Å²) in [6.45, 7) is 0. The fourth-order valence-corrected chi connectivity index (χ4v) is 3.27. The summed E-state index contributed by atoms with van der Waals surface area (Å²) < 4.78 is 35.3. The minimum Gasteiger partial charge on any atom is -0.426 e. The molecule has 0 aliphatic heterocycles. The van der Waals surface area contributed by atoms with E-state index in [1.807, 2.05) is 0 Å². The van der Waals surface area contributed by atoms with Gasteiger partial charge in [-0.1, -0.05) is 42.1 Å². The van der Waals surface area contributed by atoms with Crippen molar-refractivity contribution in [3.8, 4) is 5.75 Å². The number of hydrogen-bond acceptors (Lipinski definition) is 7. The van der Waals surface area contributed by atoms with E-state index in [1.54, 1.807) is 54.6 Å². The van der Waals surface area contributed by atoms with Crippen molar-refractivity contribution in [1.29, 1.82) is 0 Å². The van der Waals surface area contributed by atoms with Crippen molar-refractivity contribution in [1.82, 2.24) is 0 Å². The van der Waals surface area contributed by atoms with Crippen LogP contribution in [0.4, 0.5) is 0 Å². The van der Waals surface area contributed by atoms with Crippen molar-refractivity contribution in [2.75, 3.05) is 11.6 Å². The zero-order valence-electron chi connectivity index (χ0n) is 14.7. The number of rotatable bonds is 9. The Bertz CT molecular complexity index is 918. The minimum absolute atomic E-state index is 0.0641.